The highest BCUT2D eigenvalue weighted by Crippen LogP contribution is 2.46. The van der Waals surface area contributed by atoms with E-state index in [1.807, 2.05) is 31.2 Å². The number of aromatic nitrogens is 1. The number of benzene rings is 1. The number of nitrogens with zero attached hydrogens (tertiary/aromatic N) is 2. The lowest BCUT2D eigenvalue weighted by atomic mass is 10.2. The second kappa shape index (κ2) is 6.87. The van der Waals surface area contributed by atoms with Crippen molar-refractivity contribution in [2.45, 2.75) is 13.8 Å². The SMILES string of the molecule is COP(=O)(OC)c1nc(C)oc1N/N=C\c1ccc(C)cc1. The van der Waals surface area contributed by atoms with Gasteiger partial charge in [0.1, 0.15) is 0 Å². The lowest BCUT2D eigenvalue weighted by Crippen LogP contribution is -2.13. The minimum Gasteiger partial charge on any atom is -0.423 e. The monoisotopic (exact) mass is 323 g/mol. The molecule has 0 saturated carbocycles. The molecule has 2 aromatic rings. The number of nitrogens with one attached hydrogen (secondary N) is 1. The van der Waals surface area contributed by atoms with Crippen LogP contribution >= 0.6 is 7.60 Å². The summed E-state index contributed by atoms with van der Waals surface area (Å²) in [6.07, 6.45) is 1.62. The first kappa shape index (κ1) is 16.4. The van der Waals surface area contributed by atoms with Crippen molar-refractivity contribution in [2.75, 3.05) is 19.6 Å². The molecule has 0 atom stereocenters. The molecule has 1 N–H and O–H groups in total. The molecule has 1 heterocycles. The Labute approximate surface area is 128 Å². The predicted molar refractivity (Wildman–Crippen MR) is 84.9 cm³/mol. The lowest BCUT2D eigenvalue weighted by Gasteiger charge is -2.11. The smallest absolute Gasteiger partial charge is 0.384 e. The van der Waals surface area contributed by atoms with Gasteiger partial charge in [-0.25, -0.2) is 10.4 Å². The van der Waals surface area contributed by atoms with E-state index in [1.54, 1.807) is 13.1 Å². The molecule has 0 radical (unpaired) electrons. The Hall–Kier alpha value is -1.95. The van der Waals surface area contributed by atoms with Crippen LogP contribution < -0.4 is 10.9 Å². The Morgan fingerprint density at radius 2 is 1.86 bits per heavy atom. The Morgan fingerprint density at radius 1 is 1.23 bits per heavy atom. The van der Waals surface area contributed by atoms with E-state index >= 15 is 0 Å². The summed E-state index contributed by atoms with van der Waals surface area (Å²) < 4.78 is 27.6. The van der Waals surface area contributed by atoms with Gasteiger partial charge in [-0.05, 0) is 12.5 Å². The van der Waals surface area contributed by atoms with Crippen molar-refractivity contribution in [3.05, 3.63) is 41.3 Å². The van der Waals surface area contributed by atoms with Gasteiger partial charge < -0.3 is 13.5 Å². The molecule has 0 saturated heterocycles. The molecule has 118 valence electrons. The zero-order chi connectivity index (χ0) is 16.2. The molecule has 22 heavy (non-hydrogen) atoms. The molecular weight excluding hydrogens is 305 g/mol. The van der Waals surface area contributed by atoms with E-state index in [2.05, 4.69) is 15.5 Å². The Balaban J connectivity index is 2.20. The number of rotatable bonds is 6. The fourth-order valence-electron chi connectivity index (χ4n) is 1.74. The average Bonchev–Trinajstić information content (AvgIpc) is 2.90. The van der Waals surface area contributed by atoms with Crippen molar-refractivity contribution in [3.8, 4) is 0 Å². The molecule has 0 aliphatic heterocycles. The predicted octanol–water partition coefficient (Wildman–Crippen LogP) is 2.85. The van der Waals surface area contributed by atoms with E-state index < -0.39 is 7.60 Å². The zero-order valence-electron chi connectivity index (χ0n) is 12.9. The number of hydrogen-bond acceptors (Lipinski definition) is 7. The molecule has 1 aromatic carbocycles. The van der Waals surface area contributed by atoms with Crippen molar-refractivity contribution in [1.29, 1.82) is 0 Å². The van der Waals surface area contributed by atoms with Gasteiger partial charge in [-0.3, -0.25) is 4.57 Å². The van der Waals surface area contributed by atoms with Crippen LogP contribution in [0.15, 0.2) is 33.8 Å². The van der Waals surface area contributed by atoms with Gasteiger partial charge in [0.05, 0.1) is 6.21 Å². The molecule has 0 amide bonds. The number of aryl methyl sites for hydroxylation is 2. The van der Waals surface area contributed by atoms with Crippen LogP contribution in [0.5, 0.6) is 0 Å². The van der Waals surface area contributed by atoms with Gasteiger partial charge in [0.25, 0.3) is 0 Å². The molecule has 1 aromatic heterocycles. The first-order valence-corrected chi connectivity index (χ1v) is 8.08. The summed E-state index contributed by atoms with van der Waals surface area (Å²) in [5, 5.41) is 4.06. The highest BCUT2D eigenvalue weighted by atomic mass is 31.2. The van der Waals surface area contributed by atoms with Crippen LogP contribution in [0.25, 0.3) is 0 Å². The van der Waals surface area contributed by atoms with Crippen LogP contribution in [0, 0.1) is 13.8 Å². The maximum Gasteiger partial charge on any atom is 0.384 e. The van der Waals surface area contributed by atoms with Gasteiger partial charge in [-0.15, -0.1) is 0 Å². The van der Waals surface area contributed by atoms with Crippen molar-refractivity contribution in [3.63, 3.8) is 0 Å². The first-order valence-electron chi connectivity index (χ1n) is 6.54. The van der Waals surface area contributed by atoms with Gasteiger partial charge >= 0.3 is 7.60 Å². The molecule has 0 aliphatic carbocycles. The molecule has 0 unspecified atom stereocenters. The summed E-state index contributed by atoms with van der Waals surface area (Å²) in [5.74, 6) is 0.463. The highest BCUT2D eigenvalue weighted by molar-refractivity contribution is 7.62. The van der Waals surface area contributed by atoms with E-state index in [0.29, 0.717) is 5.89 Å². The first-order chi connectivity index (χ1) is 10.5. The van der Waals surface area contributed by atoms with Crippen LogP contribution in [0.2, 0.25) is 0 Å². The van der Waals surface area contributed by atoms with Crippen LogP contribution in [0.3, 0.4) is 0 Å². The topological polar surface area (TPSA) is 86.0 Å². The van der Waals surface area contributed by atoms with Crippen molar-refractivity contribution in [1.82, 2.24) is 4.98 Å². The number of anilines is 1. The molecule has 2 rings (SSSR count). The van der Waals surface area contributed by atoms with E-state index in [4.69, 9.17) is 13.5 Å². The second-order valence-corrected chi connectivity index (χ2v) is 6.68. The van der Waals surface area contributed by atoms with Crippen molar-refractivity contribution < 1.29 is 18.0 Å². The maximum absolute atomic E-state index is 12.4. The third-order valence-corrected chi connectivity index (χ3v) is 4.70. The van der Waals surface area contributed by atoms with E-state index in [0.717, 1.165) is 5.56 Å². The zero-order valence-corrected chi connectivity index (χ0v) is 13.8. The molecule has 0 aliphatic rings. The molecule has 0 bridgehead atoms. The fraction of sp³-hybridized carbons (Fsp3) is 0.286. The Bertz CT molecular complexity index is 701. The summed E-state index contributed by atoms with van der Waals surface area (Å²) >= 11 is 0. The van der Waals surface area contributed by atoms with Crippen LogP contribution in [-0.2, 0) is 13.6 Å². The highest BCUT2D eigenvalue weighted by Gasteiger charge is 2.33. The van der Waals surface area contributed by atoms with E-state index in [9.17, 15) is 4.57 Å². The minimum absolute atomic E-state index is 0.0658. The maximum atomic E-state index is 12.4. The third-order valence-electron chi connectivity index (χ3n) is 2.91. The summed E-state index contributed by atoms with van der Waals surface area (Å²) in [4.78, 5) is 4.05. The van der Waals surface area contributed by atoms with Crippen molar-refractivity contribution in [2.24, 2.45) is 5.10 Å². The van der Waals surface area contributed by atoms with Crippen LogP contribution in [-0.4, -0.2) is 25.4 Å². The van der Waals surface area contributed by atoms with Gasteiger partial charge in [-0.2, -0.15) is 5.10 Å². The van der Waals surface area contributed by atoms with Gasteiger partial charge in [0.2, 0.25) is 11.3 Å². The van der Waals surface area contributed by atoms with E-state index in [-0.39, 0.29) is 11.3 Å². The number of oxazole rings is 1. The van der Waals surface area contributed by atoms with Crippen molar-refractivity contribution >= 4 is 25.1 Å². The molecule has 8 heteroatoms. The number of hydrazone groups is 1. The Kier molecular flexibility index (Phi) is 5.13. The van der Waals surface area contributed by atoms with Crippen LogP contribution in [0.1, 0.15) is 17.0 Å². The second-order valence-electron chi connectivity index (χ2n) is 4.53. The molecule has 0 spiro atoms. The van der Waals surface area contributed by atoms with Gasteiger partial charge in [0, 0.05) is 21.1 Å². The minimum atomic E-state index is -3.51. The number of hydrogen-bond donors (Lipinski definition) is 1. The summed E-state index contributed by atoms with van der Waals surface area (Å²) in [5.41, 5.74) is 4.83. The van der Waals surface area contributed by atoms with Crippen LogP contribution in [0.4, 0.5) is 5.88 Å². The van der Waals surface area contributed by atoms with Gasteiger partial charge in [-0.1, -0.05) is 29.8 Å². The molecule has 7 nitrogen and oxygen atoms in total. The Morgan fingerprint density at radius 3 is 2.45 bits per heavy atom. The standard InChI is InChI=1S/C14H18N3O4P/c1-10-5-7-12(8-6-10)9-15-17-13-14(16-11(2)21-13)22(18,19-3)20-4/h5-9,17H,1-4H3/b15-9-. The summed E-state index contributed by atoms with van der Waals surface area (Å²) in [7, 11) is -0.940. The normalized spacial score (nSPS) is 12.0. The quantitative estimate of drug-likeness (QED) is 0.500. The molecule has 0 fully saturated rings. The molecular formula is C14H18N3O4P. The third kappa shape index (κ3) is 3.62. The largest absolute Gasteiger partial charge is 0.423 e. The van der Waals surface area contributed by atoms with E-state index in [1.165, 1.54) is 19.8 Å². The fourth-order valence-corrected chi connectivity index (χ4v) is 2.84. The summed E-state index contributed by atoms with van der Waals surface area (Å²) in [6.45, 7) is 3.64. The van der Waals surface area contributed by atoms with Gasteiger partial charge in [0.15, 0.2) is 5.89 Å². The average molecular weight is 323 g/mol. The lowest BCUT2D eigenvalue weighted by molar-refractivity contribution is 0.286. The summed E-state index contributed by atoms with van der Waals surface area (Å²) in [6, 6.07) is 7.83.